The largest absolute Gasteiger partial charge is 0.344 e. The summed E-state index contributed by atoms with van der Waals surface area (Å²) in [5.41, 5.74) is 0. The summed E-state index contributed by atoms with van der Waals surface area (Å²) >= 11 is 3.09. The SMILES string of the molecule is C#CCNC(=O)C(C)Br. The fourth-order valence-corrected chi connectivity index (χ4v) is 0.441. The summed E-state index contributed by atoms with van der Waals surface area (Å²) in [6, 6.07) is 0. The Morgan fingerprint density at radius 2 is 2.56 bits per heavy atom. The van der Waals surface area contributed by atoms with E-state index < -0.39 is 0 Å². The van der Waals surface area contributed by atoms with Gasteiger partial charge in [0.15, 0.2) is 0 Å². The number of hydrogen-bond donors (Lipinski definition) is 1. The minimum Gasteiger partial charge on any atom is -0.344 e. The van der Waals surface area contributed by atoms with Crippen LogP contribution < -0.4 is 5.32 Å². The summed E-state index contributed by atoms with van der Waals surface area (Å²) in [4.78, 5) is 10.5. The third-order valence-electron chi connectivity index (χ3n) is 0.726. The van der Waals surface area contributed by atoms with E-state index in [4.69, 9.17) is 6.42 Å². The lowest BCUT2D eigenvalue weighted by molar-refractivity contribution is -0.119. The first-order valence-corrected chi connectivity index (χ1v) is 3.45. The molecule has 0 aromatic carbocycles. The average molecular weight is 190 g/mol. The van der Waals surface area contributed by atoms with Gasteiger partial charge in [0.2, 0.25) is 5.91 Å². The summed E-state index contributed by atoms with van der Waals surface area (Å²) in [7, 11) is 0. The standard InChI is InChI=1S/C6H8BrNO/c1-3-4-8-6(9)5(2)7/h1,5H,4H2,2H3,(H,8,9). The van der Waals surface area contributed by atoms with Crippen molar-refractivity contribution in [3.05, 3.63) is 0 Å². The summed E-state index contributed by atoms with van der Waals surface area (Å²) in [6.07, 6.45) is 4.90. The van der Waals surface area contributed by atoms with E-state index in [1.54, 1.807) is 6.92 Å². The van der Waals surface area contributed by atoms with Gasteiger partial charge in [-0.1, -0.05) is 21.9 Å². The maximum atomic E-state index is 10.6. The first-order chi connectivity index (χ1) is 4.18. The van der Waals surface area contributed by atoms with Crippen LogP contribution in [0.2, 0.25) is 0 Å². The lowest BCUT2D eigenvalue weighted by Crippen LogP contribution is -2.29. The second kappa shape index (κ2) is 4.39. The third-order valence-corrected chi connectivity index (χ3v) is 1.14. The Labute approximate surface area is 63.1 Å². The lowest BCUT2D eigenvalue weighted by Gasteiger charge is -2.00. The molecule has 0 aliphatic heterocycles. The molecule has 1 N–H and O–H groups in total. The Bertz CT molecular complexity index is 136. The molecule has 0 rings (SSSR count). The second-order valence-electron chi connectivity index (χ2n) is 1.54. The first kappa shape index (κ1) is 8.51. The Balaban J connectivity index is 3.42. The zero-order chi connectivity index (χ0) is 7.28. The number of carbonyl (C=O) groups is 1. The molecule has 0 fully saturated rings. The van der Waals surface area contributed by atoms with Gasteiger partial charge in [-0.3, -0.25) is 4.79 Å². The molecule has 0 heterocycles. The second-order valence-corrected chi connectivity index (χ2v) is 2.91. The molecule has 9 heavy (non-hydrogen) atoms. The molecule has 0 saturated heterocycles. The highest BCUT2D eigenvalue weighted by Crippen LogP contribution is 1.94. The van der Waals surface area contributed by atoms with E-state index in [-0.39, 0.29) is 10.7 Å². The monoisotopic (exact) mass is 189 g/mol. The number of amides is 1. The van der Waals surface area contributed by atoms with Crippen LogP contribution in [-0.4, -0.2) is 17.3 Å². The summed E-state index contributed by atoms with van der Waals surface area (Å²) in [6.45, 7) is 2.04. The van der Waals surface area contributed by atoms with E-state index in [1.165, 1.54) is 0 Å². The predicted octanol–water partition coefficient (Wildman–Crippen LogP) is 0.519. The minimum absolute atomic E-state index is 0.0760. The molecule has 50 valence electrons. The van der Waals surface area contributed by atoms with Crippen LogP contribution in [-0.2, 0) is 4.79 Å². The van der Waals surface area contributed by atoms with Crippen molar-refractivity contribution in [2.75, 3.05) is 6.54 Å². The highest BCUT2D eigenvalue weighted by Gasteiger charge is 2.04. The van der Waals surface area contributed by atoms with Crippen LogP contribution in [0.3, 0.4) is 0 Å². The number of terminal acetylenes is 1. The van der Waals surface area contributed by atoms with Crippen molar-refractivity contribution in [2.45, 2.75) is 11.8 Å². The molecule has 0 saturated carbocycles. The Morgan fingerprint density at radius 1 is 2.00 bits per heavy atom. The van der Waals surface area contributed by atoms with Gasteiger partial charge < -0.3 is 5.32 Å². The highest BCUT2D eigenvalue weighted by atomic mass is 79.9. The van der Waals surface area contributed by atoms with Gasteiger partial charge >= 0.3 is 0 Å². The Kier molecular flexibility index (Phi) is 4.16. The molecule has 1 unspecified atom stereocenters. The third kappa shape index (κ3) is 4.04. The van der Waals surface area contributed by atoms with E-state index >= 15 is 0 Å². The van der Waals surface area contributed by atoms with Gasteiger partial charge in [0, 0.05) is 0 Å². The van der Waals surface area contributed by atoms with Crippen LogP contribution >= 0.6 is 15.9 Å². The number of carbonyl (C=O) groups excluding carboxylic acids is 1. The molecule has 0 aliphatic rings. The molecular weight excluding hydrogens is 182 g/mol. The topological polar surface area (TPSA) is 29.1 Å². The van der Waals surface area contributed by atoms with Crippen LogP contribution in [0.4, 0.5) is 0 Å². The average Bonchev–Trinajstić information content (AvgIpc) is 1.82. The molecule has 1 amide bonds. The van der Waals surface area contributed by atoms with Gasteiger partial charge in [-0.25, -0.2) is 0 Å². The molecule has 0 aliphatic carbocycles. The molecule has 0 spiro atoms. The zero-order valence-electron chi connectivity index (χ0n) is 5.15. The zero-order valence-corrected chi connectivity index (χ0v) is 6.73. The minimum atomic E-state index is -0.161. The normalized spacial score (nSPS) is 11.7. The predicted molar refractivity (Wildman–Crippen MR) is 40.2 cm³/mol. The van der Waals surface area contributed by atoms with E-state index in [1.807, 2.05) is 0 Å². The van der Waals surface area contributed by atoms with Gasteiger partial charge in [0.1, 0.15) is 0 Å². The summed E-state index contributed by atoms with van der Waals surface area (Å²) < 4.78 is 0. The molecule has 0 aromatic heterocycles. The number of rotatable bonds is 2. The van der Waals surface area contributed by atoms with E-state index in [2.05, 4.69) is 27.2 Å². The van der Waals surface area contributed by atoms with Gasteiger partial charge in [-0.2, -0.15) is 0 Å². The van der Waals surface area contributed by atoms with Crippen LogP contribution in [0.25, 0.3) is 0 Å². The Morgan fingerprint density at radius 3 is 2.89 bits per heavy atom. The number of nitrogens with one attached hydrogen (secondary N) is 1. The van der Waals surface area contributed by atoms with Crippen LogP contribution in [0.5, 0.6) is 0 Å². The Hall–Kier alpha value is -0.490. The van der Waals surface area contributed by atoms with E-state index in [0.717, 1.165) is 0 Å². The molecule has 1 atom stereocenters. The van der Waals surface area contributed by atoms with Crippen molar-refractivity contribution in [3.8, 4) is 12.3 Å². The van der Waals surface area contributed by atoms with Gasteiger partial charge in [0.05, 0.1) is 11.4 Å². The first-order valence-electron chi connectivity index (χ1n) is 2.53. The van der Waals surface area contributed by atoms with Crippen molar-refractivity contribution >= 4 is 21.8 Å². The summed E-state index contributed by atoms with van der Waals surface area (Å²) in [5.74, 6) is 2.22. The molecule has 3 heteroatoms. The fourth-order valence-electron chi connectivity index (χ4n) is 0.279. The molecule has 0 aromatic rings. The van der Waals surface area contributed by atoms with Crippen molar-refractivity contribution < 1.29 is 4.79 Å². The lowest BCUT2D eigenvalue weighted by atomic mass is 10.4. The van der Waals surface area contributed by atoms with Crippen molar-refractivity contribution in [1.82, 2.24) is 5.32 Å². The van der Waals surface area contributed by atoms with Gasteiger partial charge in [0.25, 0.3) is 0 Å². The van der Waals surface area contributed by atoms with Crippen molar-refractivity contribution in [3.63, 3.8) is 0 Å². The highest BCUT2D eigenvalue weighted by molar-refractivity contribution is 9.10. The molecule has 0 bridgehead atoms. The molecule has 0 radical (unpaired) electrons. The molecular formula is C6H8BrNO. The maximum absolute atomic E-state index is 10.6. The number of halogens is 1. The van der Waals surface area contributed by atoms with E-state index in [9.17, 15) is 4.79 Å². The quantitative estimate of drug-likeness (QED) is 0.499. The van der Waals surface area contributed by atoms with Crippen LogP contribution in [0.15, 0.2) is 0 Å². The van der Waals surface area contributed by atoms with Crippen molar-refractivity contribution in [1.29, 1.82) is 0 Å². The van der Waals surface area contributed by atoms with Crippen molar-refractivity contribution in [2.24, 2.45) is 0 Å². The fraction of sp³-hybridized carbons (Fsp3) is 0.500. The van der Waals surface area contributed by atoms with Gasteiger partial charge in [-0.15, -0.1) is 6.42 Å². The van der Waals surface area contributed by atoms with Gasteiger partial charge in [-0.05, 0) is 6.92 Å². The molecule has 2 nitrogen and oxygen atoms in total. The van der Waals surface area contributed by atoms with Crippen LogP contribution in [0, 0.1) is 12.3 Å². The number of hydrogen-bond acceptors (Lipinski definition) is 1. The summed E-state index contributed by atoms with van der Waals surface area (Å²) in [5, 5.41) is 2.51. The maximum Gasteiger partial charge on any atom is 0.234 e. The smallest absolute Gasteiger partial charge is 0.234 e. The van der Waals surface area contributed by atoms with E-state index in [0.29, 0.717) is 6.54 Å². The van der Waals surface area contributed by atoms with Crippen LogP contribution in [0.1, 0.15) is 6.92 Å². The number of alkyl halides is 1.